The summed E-state index contributed by atoms with van der Waals surface area (Å²) in [6.45, 7) is 5.54. The molecule has 3 aromatic rings. The highest BCUT2D eigenvalue weighted by Gasteiger charge is 2.16. The normalized spacial score (nSPS) is 12.6. The number of benzene rings is 2. The van der Waals surface area contributed by atoms with Gasteiger partial charge < -0.3 is 14.8 Å². The van der Waals surface area contributed by atoms with E-state index in [-0.39, 0.29) is 11.6 Å². The van der Waals surface area contributed by atoms with Crippen LogP contribution in [0.4, 0.5) is 5.69 Å². The van der Waals surface area contributed by atoms with Gasteiger partial charge in [-0.2, -0.15) is 0 Å². The smallest absolute Gasteiger partial charge is 0.304 e. The van der Waals surface area contributed by atoms with Gasteiger partial charge in [0.2, 0.25) is 5.88 Å². The molecule has 0 saturated heterocycles. The molecular formula is C19H18BrN3O3. The topological polar surface area (TPSA) is 87.0 Å². The number of fused-ring (bicyclic) bond motifs is 1. The lowest BCUT2D eigenvalue weighted by Gasteiger charge is -2.12. The number of carbonyl (C=O) groups excluding carboxylic acids is 1. The van der Waals surface area contributed by atoms with Gasteiger partial charge in [0.15, 0.2) is 11.8 Å². The van der Waals surface area contributed by atoms with Gasteiger partial charge in [0.1, 0.15) is 5.75 Å². The first-order valence-electron chi connectivity index (χ1n) is 8.04. The Bertz CT molecular complexity index is 990. The highest BCUT2D eigenvalue weighted by atomic mass is 79.9. The minimum absolute atomic E-state index is 0.141. The SMILES string of the molecule is Cc1cc(C)cc(O[C@@H](C)C(=O)N=Nc2c(O)[nH]c3ccc(Br)cc23)c1. The number of azo groups is 1. The van der Waals surface area contributed by atoms with E-state index in [1.54, 1.807) is 19.1 Å². The summed E-state index contributed by atoms with van der Waals surface area (Å²) in [5, 5.41) is 18.3. The quantitative estimate of drug-likeness (QED) is 0.564. The maximum atomic E-state index is 12.2. The Morgan fingerprint density at radius 2 is 1.88 bits per heavy atom. The number of aryl methyl sites for hydroxylation is 2. The molecule has 0 fully saturated rings. The molecule has 0 aliphatic carbocycles. The molecule has 2 N–H and O–H groups in total. The lowest BCUT2D eigenvalue weighted by Crippen LogP contribution is -2.21. The minimum atomic E-state index is -0.793. The third-order valence-corrected chi connectivity index (χ3v) is 4.31. The van der Waals surface area contributed by atoms with E-state index in [9.17, 15) is 9.90 Å². The fraction of sp³-hybridized carbons (Fsp3) is 0.211. The fourth-order valence-electron chi connectivity index (χ4n) is 2.67. The van der Waals surface area contributed by atoms with Gasteiger partial charge in [0.25, 0.3) is 0 Å². The fourth-order valence-corrected chi connectivity index (χ4v) is 3.03. The molecule has 1 aromatic heterocycles. The summed E-state index contributed by atoms with van der Waals surface area (Å²) >= 11 is 3.37. The van der Waals surface area contributed by atoms with Gasteiger partial charge in [0, 0.05) is 9.86 Å². The Morgan fingerprint density at radius 1 is 1.19 bits per heavy atom. The molecule has 7 heteroatoms. The number of aromatic hydroxyl groups is 1. The molecule has 1 amide bonds. The van der Waals surface area contributed by atoms with Crippen molar-refractivity contribution in [2.24, 2.45) is 10.2 Å². The molecule has 0 bridgehead atoms. The van der Waals surface area contributed by atoms with Crippen LogP contribution in [0.15, 0.2) is 51.1 Å². The Balaban J connectivity index is 1.79. The van der Waals surface area contributed by atoms with Crippen molar-refractivity contribution in [3.63, 3.8) is 0 Å². The summed E-state index contributed by atoms with van der Waals surface area (Å²) in [4.78, 5) is 15.0. The maximum Gasteiger partial charge on any atom is 0.304 e. The summed E-state index contributed by atoms with van der Waals surface area (Å²) in [5.41, 5.74) is 3.02. The van der Waals surface area contributed by atoms with E-state index >= 15 is 0 Å². The van der Waals surface area contributed by atoms with Gasteiger partial charge in [-0.1, -0.05) is 22.0 Å². The van der Waals surface area contributed by atoms with E-state index in [1.165, 1.54) is 0 Å². The third-order valence-electron chi connectivity index (χ3n) is 3.82. The Morgan fingerprint density at radius 3 is 2.58 bits per heavy atom. The van der Waals surface area contributed by atoms with Gasteiger partial charge in [-0.05, 0) is 62.2 Å². The number of aromatic amines is 1. The number of rotatable bonds is 4. The van der Waals surface area contributed by atoms with Crippen molar-refractivity contribution in [2.75, 3.05) is 0 Å². The number of aromatic nitrogens is 1. The van der Waals surface area contributed by atoms with Gasteiger partial charge in [-0.25, -0.2) is 0 Å². The molecule has 3 rings (SSSR count). The molecule has 2 aromatic carbocycles. The Hall–Kier alpha value is -2.67. The third kappa shape index (κ3) is 3.94. The zero-order valence-electron chi connectivity index (χ0n) is 14.6. The van der Waals surface area contributed by atoms with Crippen molar-refractivity contribution in [3.8, 4) is 11.6 Å². The van der Waals surface area contributed by atoms with Crippen LogP contribution >= 0.6 is 15.9 Å². The minimum Gasteiger partial charge on any atom is -0.493 e. The van der Waals surface area contributed by atoms with Crippen molar-refractivity contribution in [1.82, 2.24) is 4.98 Å². The average molecular weight is 416 g/mol. The monoisotopic (exact) mass is 415 g/mol. The highest BCUT2D eigenvalue weighted by molar-refractivity contribution is 9.10. The van der Waals surface area contributed by atoms with E-state index in [0.29, 0.717) is 16.7 Å². The largest absolute Gasteiger partial charge is 0.493 e. The first-order chi connectivity index (χ1) is 12.3. The number of hydrogen-bond acceptors (Lipinski definition) is 4. The van der Waals surface area contributed by atoms with Crippen LogP contribution in [-0.2, 0) is 4.79 Å². The van der Waals surface area contributed by atoms with Crippen molar-refractivity contribution in [1.29, 1.82) is 0 Å². The number of amides is 1. The number of ether oxygens (including phenoxy) is 1. The number of nitrogens with one attached hydrogen (secondary N) is 1. The van der Waals surface area contributed by atoms with Crippen LogP contribution in [0.25, 0.3) is 10.9 Å². The van der Waals surface area contributed by atoms with E-state index in [4.69, 9.17) is 4.74 Å². The predicted octanol–water partition coefficient (Wildman–Crippen LogP) is 5.33. The lowest BCUT2D eigenvalue weighted by molar-refractivity contribution is -0.124. The predicted molar refractivity (Wildman–Crippen MR) is 103 cm³/mol. The second kappa shape index (κ2) is 7.29. The van der Waals surface area contributed by atoms with Crippen LogP contribution in [0.3, 0.4) is 0 Å². The van der Waals surface area contributed by atoms with Crippen LogP contribution in [0.5, 0.6) is 11.6 Å². The van der Waals surface area contributed by atoms with Crippen LogP contribution in [0, 0.1) is 13.8 Å². The van der Waals surface area contributed by atoms with Crippen molar-refractivity contribution >= 4 is 38.4 Å². The van der Waals surface area contributed by atoms with E-state index in [2.05, 4.69) is 31.1 Å². The van der Waals surface area contributed by atoms with Crippen LogP contribution in [0.1, 0.15) is 18.1 Å². The van der Waals surface area contributed by atoms with Gasteiger partial charge in [-0.3, -0.25) is 4.79 Å². The van der Waals surface area contributed by atoms with E-state index in [1.807, 2.05) is 38.1 Å². The number of nitrogens with zero attached hydrogens (tertiary/aromatic N) is 2. The first kappa shape index (κ1) is 18.1. The van der Waals surface area contributed by atoms with Crippen molar-refractivity contribution in [3.05, 3.63) is 52.0 Å². The molecule has 1 heterocycles. The number of H-pyrrole nitrogens is 1. The average Bonchev–Trinajstić information content (AvgIpc) is 2.86. The van der Waals surface area contributed by atoms with Crippen molar-refractivity contribution < 1.29 is 14.6 Å². The maximum absolute atomic E-state index is 12.2. The second-order valence-corrected chi connectivity index (χ2v) is 7.05. The zero-order chi connectivity index (χ0) is 18.8. The first-order valence-corrected chi connectivity index (χ1v) is 8.83. The summed E-state index contributed by atoms with van der Waals surface area (Å²) < 4.78 is 6.50. The van der Waals surface area contributed by atoms with Crippen LogP contribution in [0.2, 0.25) is 0 Å². The molecule has 0 unspecified atom stereocenters. The zero-order valence-corrected chi connectivity index (χ0v) is 16.2. The standard InChI is InChI=1S/C19H18BrN3O3/c1-10-6-11(2)8-14(7-10)26-12(3)18(24)23-22-17-15-9-13(20)4-5-16(15)21-19(17)25/h4-9,12,21,25H,1-3H3/t12-/m0/s1. The summed E-state index contributed by atoms with van der Waals surface area (Å²) in [6, 6.07) is 11.2. The summed E-state index contributed by atoms with van der Waals surface area (Å²) in [6.07, 6.45) is -0.793. The molecule has 0 aliphatic heterocycles. The molecule has 0 aliphatic rings. The summed E-state index contributed by atoms with van der Waals surface area (Å²) in [5.74, 6) is -0.0668. The van der Waals surface area contributed by atoms with E-state index in [0.717, 1.165) is 15.6 Å². The van der Waals surface area contributed by atoms with Crippen molar-refractivity contribution in [2.45, 2.75) is 26.9 Å². The highest BCUT2D eigenvalue weighted by Crippen LogP contribution is 2.36. The van der Waals surface area contributed by atoms with E-state index < -0.39 is 12.0 Å². The molecule has 134 valence electrons. The number of carbonyl (C=O) groups is 1. The molecule has 0 spiro atoms. The van der Waals surface area contributed by atoms with Gasteiger partial charge >= 0.3 is 5.91 Å². The van der Waals surface area contributed by atoms with Crippen LogP contribution in [-0.4, -0.2) is 22.1 Å². The molecule has 1 atom stereocenters. The molecular weight excluding hydrogens is 398 g/mol. The lowest BCUT2D eigenvalue weighted by atomic mass is 10.1. The number of hydrogen-bond donors (Lipinski definition) is 2. The Labute approximate surface area is 159 Å². The van der Waals surface area contributed by atoms with Crippen LogP contribution < -0.4 is 4.74 Å². The Kier molecular flexibility index (Phi) is 5.08. The molecule has 0 radical (unpaired) electrons. The molecule has 6 nitrogen and oxygen atoms in total. The number of halogens is 1. The second-order valence-electron chi connectivity index (χ2n) is 6.13. The molecule has 26 heavy (non-hydrogen) atoms. The van der Waals surface area contributed by atoms with Gasteiger partial charge in [0.05, 0.1) is 5.52 Å². The summed E-state index contributed by atoms with van der Waals surface area (Å²) in [7, 11) is 0. The molecule has 0 saturated carbocycles. The van der Waals surface area contributed by atoms with Gasteiger partial charge in [-0.15, -0.1) is 10.2 Å².